The number of hydrogen-bond donors (Lipinski definition) is 1. The van der Waals surface area contributed by atoms with Crippen LogP contribution in [-0.2, 0) is 11.2 Å². The number of anilines is 1. The number of nitrogens with zero attached hydrogens (tertiary/aromatic N) is 4. The van der Waals surface area contributed by atoms with Crippen molar-refractivity contribution >= 4 is 46.3 Å². The van der Waals surface area contributed by atoms with E-state index in [2.05, 4.69) is 42.6 Å². The summed E-state index contributed by atoms with van der Waals surface area (Å²) in [5, 5.41) is 14.7. The molecule has 9 heteroatoms. The molecule has 4 rings (SSSR count). The van der Waals surface area contributed by atoms with Gasteiger partial charge in [0.1, 0.15) is 5.82 Å². The second kappa shape index (κ2) is 9.94. The van der Waals surface area contributed by atoms with E-state index < -0.39 is 0 Å². The number of aromatic nitrogens is 4. The fraction of sp³-hybridized carbons (Fsp3) is 0.429. The summed E-state index contributed by atoms with van der Waals surface area (Å²) in [6, 6.07) is 8.08. The Balaban J connectivity index is 1.53. The molecule has 0 aromatic carbocycles. The van der Waals surface area contributed by atoms with E-state index in [1.54, 1.807) is 29.7 Å². The van der Waals surface area contributed by atoms with Crippen LogP contribution >= 0.6 is 34.7 Å². The van der Waals surface area contributed by atoms with Gasteiger partial charge in [-0.05, 0) is 43.3 Å². The Labute approximate surface area is 189 Å². The number of amides is 1. The molecule has 0 aliphatic heterocycles. The molecule has 0 saturated heterocycles. The van der Waals surface area contributed by atoms with Crippen molar-refractivity contribution in [2.24, 2.45) is 0 Å². The van der Waals surface area contributed by atoms with Crippen molar-refractivity contribution < 1.29 is 4.79 Å². The first kappa shape index (κ1) is 21.3. The van der Waals surface area contributed by atoms with Crippen LogP contribution in [0.3, 0.4) is 0 Å². The maximum atomic E-state index is 12.7. The first-order chi connectivity index (χ1) is 14.6. The van der Waals surface area contributed by atoms with E-state index in [4.69, 9.17) is 11.6 Å². The molecule has 1 fully saturated rings. The van der Waals surface area contributed by atoms with Gasteiger partial charge in [0.2, 0.25) is 5.91 Å². The van der Waals surface area contributed by atoms with E-state index in [0.717, 1.165) is 30.2 Å². The number of hydrogen-bond acceptors (Lipinski definition) is 6. The molecule has 0 bridgehead atoms. The van der Waals surface area contributed by atoms with Gasteiger partial charge in [0.15, 0.2) is 10.3 Å². The number of thioether (sulfide) groups is 1. The van der Waals surface area contributed by atoms with Crippen LogP contribution in [0.1, 0.15) is 55.8 Å². The quantitative estimate of drug-likeness (QED) is 0.366. The minimum atomic E-state index is -0.345. The number of nitrogens with one attached hydrogen (secondary N) is 1. The third-order valence-electron chi connectivity index (χ3n) is 5.26. The normalized spacial score (nSPS) is 15.8. The minimum Gasteiger partial charge on any atom is -0.322 e. The molecule has 1 aliphatic rings. The molecule has 0 spiro atoms. The van der Waals surface area contributed by atoms with Crippen molar-refractivity contribution in [1.82, 2.24) is 19.7 Å². The van der Waals surface area contributed by atoms with Gasteiger partial charge in [-0.1, -0.05) is 48.7 Å². The van der Waals surface area contributed by atoms with E-state index >= 15 is 0 Å². The average Bonchev–Trinajstić information content (AvgIpc) is 3.41. The lowest BCUT2D eigenvalue weighted by molar-refractivity contribution is -0.115. The molecule has 3 aromatic rings. The number of carbonyl (C=O) groups excluding carboxylic acids is 1. The molecule has 1 unspecified atom stereocenters. The Morgan fingerprint density at radius 3 is 2.87 bits per heavy atom. The van der Waals surface area contributed by atoms with Gasteiger partial charge < -0.3 is 9.88 Å². The summed E-state index contributed by atoms with van der Waals surface area (Å²) in [6.45, 7) is 1.88. The van der Waals surface area contributed by atoms with Crippen molar-refractivity contribution in [3.63, 3.8) is 0 Å². The van der Waals surface area contributed by atoms with Gasteiger partial charge in [-0.2, -0.15) is 0 Å². The lowest BCUT2D eigenvalue weighted by Crippen LogP contribution is -2.24. The molecule has 1 amide bonds. The first-order valence-electron chi connectivity index (χ1n) is 10.2. The largest absolute Gasteiger partial charge is 0.322 e. The fourth-order valence-corrected chi connectivity index (χ4v) is 5.51. The maximum absolute atomic E-state index is 12.7. The van der Waals surface area contributed by atoms with Crippen LogP contribution < -0.4 is 5.32 Å². The Hall–Kier alpha value is -1.90. The van der Waals surface area contributed by atoms with Gasteiger partial charge in [-0.3, -0.25) is 4.79 Å². The zero-order chi connectivity index (χ0) is 20.9. The fourth-order valence-electron chi connectivity index (χ4n) is 3.71. The zero-order valence-electron chi connectivity index (χ0n) is 16.8. The van der Waals surface area contributed by atoms with Gasteiger partial charge in [-0.25, -0.2) is 4.98 Å². The molecule has 6 nitrogen and oxygen atoms in total. The van der Waals surface area contributed by atoms with E-state index in [0.29, 0.717) is 11.7 Å². The molecule has 1 atom stereocenters. The Morgan fingerprint density at radius 1 is 1.30 bits per heavy atom. The van der Waals surface area contributed by atoms with E-state index in [-0.39, 0.29) is 16.3 Å². The Morgan fingerprint density at radius 2 is 2.13 bits per heavy atom. The summed E-state index contributed by atoms with van der Waals surface area (Å²) in [4.78, 5) is 18.0. The van der Waals surface area contributed by atoms with Crippen molar-refractivity contribution in [2.45, 2.75) is 61.9 Å². The Bertz CT molecular complexity index is 985. The van der Waals surface area contributed by atoms with Gasteiger partial charge in [0.05, 0.1) is 10.9 Å². The molecule has 3 heterocycles. The van der Waals surface area contributed by atoms with Gasteiger partial charge in [-0.15, -0.1) is 21.5 Å². The van der Waals surface area contributed by atoms with Gasteiger partial charge in [0, 0.05) is 23.5 Å². The van der Waals surface area contributed by atoms with Gasteiger partial charge >= 0.3 is 0 Å². The minimum absolute atomic E-state index is 0.132. The second-order valence-corrected chi connectivity index (χ2v) is 10.1. The summed E-state index contributed by atoms with van der Waals surface area (Å²) < 4.78 is 2.28. The van der Waals surface area contributed by atoms with Crippen LogP contribution in [-0.4, -0.2) is 30.9 Å². The highest BCUT2D eigenvalue weighted by atomic mass is 35.5. The summed E-state index contributed by atoms with van der Waals surface area (Å²) in [5.74, 6) is 0.850. The summed E-state index contributed by atoms with van der Waals surface area (Å²) in [6.07, 6.45) is 8.36. The highest BCUT2D eigenvalue weighted by Crippen LogP contribution is 2.35. The highest BCUT2D eigenvalue weighted by Gasteiger charge is 2.26. The van der Waals surface area contributed by atoms with Crippen molar-refractivity contribution in [3.8, 4) is 0 Å². The third-order valence-corrected chi connectivity index (χ3v) is 7.49. The molecule has 1 aliphatic carbocycles. The van der Waals surface area contributed by atoms with Crippen LogP contribution in [0.5, 0.6) is 0 Å². The Kier molecular flexibility index (Phi) is 7.07. The van der Waals surface area contributed by atoms with Crippen LogP contribution in [0.2, 0.25) is 5.15 Å². The number of thiophene rings is 1. The van der Waals surface area contributed by atoms with Crippen LogP contribution in [0.15, 0.2) is 41.0 Å². The molecule has 30 heavy (non-hydrogen) atoms. The van der Waals surface area contributed by atoms with Crippen molar-refractivity contribution in [3.05, 3.63) is 51.7 Å². The summed E-state index contributed by atoms with van der Waals surface area (Å²) in [5.41, 5.74) is 0.517. The number of rotatable bonds is 7. The lowest BCUT2D eigenvalue weighted by Gasteiger charge is -2.26. The van der Waals surface area contributed by atoms with E-state index in [9.17, 15) is 4.79 Å². The molecule has 1 saturated carbocycles. The SMILES string of the molecule is CC(Sc1nnc(Cc2cccs2)n1C1CCCCC1)C(=O)Nc1cccnc1Cl. The maximum Gasteiger partial charge on any atom is 0.237 e. The molecule has 0 radical (unpaired) electrons. The number of pyridine rings is 1. The predicted octanol–water partition coefficient (Wildman–Crippen LogP) is 5.60. The lowest BCUT2D eigenvalue weighted by atomic mass is 9.95. The van der Waals surface area contributed by atoms with Crippen LogP contribution in [0.4, 0.5) is 5.69 Å². The molecular formula is C21H24ClN5OS2. The van der Waals surface area contributed by atoms with Gasteiger partial charge in [0.25, 0.3) is 0 Å². The van der Waals surface area contributed by atoms with E-state index in [1.807, 2.05) is 6.92 Å². The molecule has 158 valence electrons. The predicted molar refractivity (Wildman–Crippen MR) is 122 cm³/mol. The number of halogens is 1. The van der Waals surface area contributed by atoms with Crippen LogP contribution in [0, 0.1) is 0 Å². The topological polar surface area (TPSA) is 72.7 Å². The van der Waals surface area contributed by atoms with Crippen molar-refractivity contribution in [1.29, 1.82) is 0 Å². The molecule has 1 N–H and O–H groups in total. The third kappa shape index (κ3) is 5.04. The summed E-state index contributed by atoms with van der Waals surface area (Å²) >= 11 is 9.25. The zero-order valence-corrected chi connectivity index (χ0v) is 19.1. The van der Waals surface area contributed by atoms with E-state index in [1.165, 1.54) is 35.9 Å². The number of carbonyl (C=O) groups is 1. The monoisotopic (exact) mass is 461 g/mol. The average molecular weight is 462 g/mol. The molecule has 3 aromatic heterocycles. The van der Waals surface area contributed by atoms with Crippen molar-refractivity contribution in [2.75, 3.05) is 5.32 Å². The smallest absolute Gasteiger partial charge is 0.237 e. The highest BCUT2D eigenvalue weighted by molar-refractivity contribution is 8.00. The standard InChI is InChI=1S/C21H24ClN5OS2/c1-14(20(28)24-17-10-5-11-23-19(17)22)30-21-26-25-18(13-16-9-6-12-29-16)27(21)15-7-3-2-4-8-15/h5-6,9-12,14-15H,2-4,7-8,13H2,1H3,(H,24,28). The second-order valence-electron chi connectivity index (χ2n) is 7.41. The molecular weight excluding hydrogens is 438 g/mol. The van der Waals surface area contributed by atoms with Crippen LogP contribution in [0.25, 0.3) is 0 Å². The first-order valence-corrected chi connectivity index (χ1v) is 12.3. The summed E-state index contributed by atoms with van der Waals surface area (Å²) in [7, 11) is 0.